The summed E-state index contributed by atoms with van der Waals surface area (Å²) in [5.74, 6) is -0.333. The average molecular weight is 596 g/mol. The van der Waals surface area contributed by atoms with Crippen LogP contribution in [0.15, 0.2) is 54.7 Å². The highest BCUT2D eigenvalue weighted by Gasteiger charge is 2.41. The normalized spacial score (nSPS) is 18.0. The van der Waals surface area contributed by atoms with E-state index in [1.807, 2.05) is 31.2 Å². The summed E-state index contributed by atoms with van der Waals surface area (Å²) in [6.07, 6.45) is -9.07. The van der Waals surface area contributed by atoms with E-state index in [-0.39, 0.29) is 30.9 Å². The molecule has 4 rings (SSSR count). The Balaban J connectivity index is 1.81. The molecule has 12 heteroatoms. The van der Waals surface area contributed by atoms with E-state index in [4.69, 9.17) is 0 Å². The zero-order valence-corrected chi connectivity index (χ0v) is 23.4. The summed E-state index contributed by atoms with van der Waals surface area (Å²) in [4.78, 5) is 21.2. The fraction of sp³-hybridized carbons (Fsp3) is 0.400. The first-order chi connectivity index (χ1) is 19.4. The molecule has 0 bridgehead atoms. The van der Waals surface area contributed by atoms with Gasteiger partial charge in [-0.1, -0.05) is 29.8 Å². The number of aliphatic hydroxyl groups is 2. The van der Waals surface area contributed by atoms with E-state index in [9.17, 15) is 41.4 Å². The molecule has 1 aliphatic rings. The Bertz CT molecular complexity index is 1420. The van der Waals surface area contributed by atoms with Crippen LogP contribution in [-0.4, -0.2) is 53.4 Å². The first-order valence-corrected chi connectivity index (χ1v) is 13.1. The number of pyridine rings is 1. The van der Waals surface area contributed by atoms with Crippen LogP contribution < -0.4 is 9.80 Å². The second kappa shape index (κ2) is 11.2. The lowest BCUT2D eigenvalue weighted by molar-refractivity contribution is -0.143. The van der Waals surface area contributed by atoms with Gasteiger partial charge in [0.1, 0.15) is 5.82 Å². The predicted octanol–water partition coefficient (Wildman–Crippen LogP) is 5.97. The van der Waals surface area contributed by atoms with Gasteiger partial charge in [0.05, 0.1) is 47.2 Å². The monoisotopic (exact) mass is 595 g/mol. The van der Waals surface area contributed by atoms with Gasteiger partial charge in [-0.05, 0) is 62.6 Å². The van der Waals surface area contributed by atoms with Gasteiger partial charge in [-0.3, -0.25) is 4.79 Å². The number of hydrogen-bond acceptors (Lipinski definition) is 5. The Labute approximate surface area is 239 Å². The topological polar surface area (TPSA) is 76.9 Å². The SMILES string of the molecule is Cc1ccc(-c2cc(N3CC(O)CC3CO)ncc2N(C)C(=O)C(C)(C)c2cc(C(F)(F)F)cc(C(F)(F)F)c2)cc1. The maximum atomic E-state index is 13.9. The van der Waals surface area contributed by atoms with Crippen molar-refractivity contribution in [3.63, 3.8) is 0 Å². The molecule has 1 aromatic heterocycles. The van der Waals surface area contributed by atoms with Crippen LogP contribution in [0.1, 0.15) is 42.5 Å². The van der Waals surface area contributed by atoms with Crippen molar-refractivity contribution in [3.8, 4) is 11.1 Å². The third-order valence-electron chi connectivity index (χ3n) is 7.64. The highest BCUT2D eigenvalue weighted by Crippen LogP contribution is 2.41. The molecule has 1 saturated heterocycles. The first-order valence-electron chi connectivity index (χ1n) is 13.1. The minimum Gasteiger partial charge on any atom is -0.394 e. The molecule has 2 unspecified atom stereocenters. The quantitative estimate of drug-likeness (QED) is 0.344. The minimum absolute atomic E-state index is 0.0286. The largest absolute Gasteiger partial charge is 0.416 e. The van der Waals surface area contributed by atoms with Crippen LogP contribution in [0.3, 0.4) is 0 Å². The molecule has 0 aliphatic carbocycles. The van der Waals surface area contributed by atoms with Crippen molar-refractivity contribution >= 4 is 17.4 Å². The summed E-state index contributed by atoms with van der Waals surface area (Å²) in [7, 11) is 1.38. The van der Waals surface area contributed by atoms with Crippen molar-refractivity contribution in [1.82, 2.24) is 4.98 Å². The average Bonchev–Trinajstić information content (AvgIpc) is 3.31. The molecule has 2 N–H and O–H groups in total. The number of amides is 1. The van der Waals surface area contributed by atoms with Gasteiger partial charge in [-0.2, -0.15) is 26.3 Å². The number of likely N-dealkylation sites (N-methyl/N-ethyl adjacent to an activating group) is 1. The number of alkyl halides is 6. The maximum absolute atomic E-state index is 13.9. The molecule has 2 atom stereocenters. The zero-order valence-electron chi connectivity index (χ0n) is 23.4. The number of carbonyl (C=O) groups excluding carboxylic acids is 1. The number of hydrogen-bond donors (Lipinski definition) is 2. The van der Waals surface area contributed by atoms with Crippen molar-refractivity contribution in [2.24, 2.45) is 0 Å². The Hall–Kier alpha value is -3.64. The number of aryl methyl sites for hydroxylation is 1. The van der Waals surface area contributed by atoms with Gasteiger partial charge in [-0.15, -0.1) is 0 Å². The van der Waals surface area contributed by atoms with Crippen molar-refractivity contribution in [2.45, 2.75) is 57.1 Å². The van der Waals surface area contributed by atoms with Crippen molar-refractivity contribution in [2.75, 3.05) is 30.0 Å². The minimum atomic E-state index is -5.06. The molecule has 2 heterocycles. The van der Waals surface area contributed by atoms with Crippen molar-refractivity contribution in [1.29, 1.82) is 0 Å². The number of halogens is 6. The zero-order chi connectivity index (χ0) is 31.2. The van der Waals surface area contributed by atoms with Gasteiger partial charge in [0.15, 0.2) is 0 Å². The molecular formula is C30H31F6N3O3. The highest BCUT2D eigenvalue weighted by molar-refractivity contribution is 6.03. The smallest absolute Gasteiger partial charge is 0.394 e. The molecule has 2 aromatic carbocycles. The molecule has 226 valence electrons. The molecule has 1 amide bonds. The van der Waals surface area contributed by atoms with Crippen LogP contribution in [0, 0.1) is 6.92 Å². The molecule has 1 fully saturated rings. The molecule has 6 nitrogen and oxygen atoms in total. The van der Waals surface area contributed by atoms with E-state index in [0.29, 0.717) is 35.5 Å². The van der Waals surface area contributed by atoms with Gasteiger partial charge >= 0.3 is 12.4 Å². The third-order valence-corrected chi connectivity index (χ3v) is 7.64. The number of β-amino-alcohol motifs (C(OH)–C–C–N with tert-alkyl or cyclic N) is 1. The van der Waals surface area contributed by atoms with Crippen LogP contribution in [0.2, 0.25) is 0 Å². The van der Waals surface area contributed by atoms with Gasteiger partial charge in [0.25, 0.3) is 0 Å². The van der Waals surface area contributed by atoms with E-state index < -0.39 is 46.5 Å². The third kappa shape index (κ3) is 6.24. The molecular weight excluding hydrogens is 564 g/mol. The second-order valence-corrected chi connectivity index (χ2v) is 11.1. The highest BCUT2D eigenvalue weighted by atomic mass is 19.4. The first kappa shape index (κ1) is 31.3. The maximum Gasteiger partial charge on any atom is 0.416 e. The van der Waals surface area contributed by atoms with Gasteiger partial charge in [0.2, 0.25) is 5.91 Å². The number of benzene rings is 2. The lowest BCUT2D eigenvalue weighted by Crippen LogP contribution is -2.42. The van der Waals surface area contributed by atoms with Crippen molar-refractivity contribution < 1.29 is 41.4 Å². The Kier molecular flexibility index (Phi) is 8.36. The molecule has 1 aliphatic heterocycles. The number of rotatable bonds is 6. The fourth-order valence-corrected chi connectivity index (χ4v) is 5.14. The number of nitrogens with zero attached hydrogens (tertiary/aromatic N) is 3. The number of anilines is 2. The fourth-order valence-electron chi connectivity index (χ4n) is 5.14. The van der Waals surface area contributed by atoms with Crippen LogP contribution in [0.5, 0.6) is 0 Å². The number of carbonyl (C=O) groups is 1. The summed E-state index contributed by atoms with van der Waals surface area (Å²) in [6, 6.07) is 9.78. The Morgan fingerprint density at radius 3 is 2.05 bits per heavy atom. The van der Waals surface area contributed by atoms with Crippen LogP contribution in [-0.2, 0) is 22.6 Å². The van der Waals surface area contributed by atoms with E-state index in [2.05, 4.69) is 4.98 Å². The summed E-state index contributed by atoms with van der Waals surface area (Å²) < 4.78 is 81.3. The Morgan fingerprint density at radius 1 is 0.976 bits per heavy atom. The van der Waals surface area contributed by atoms with Crippen LogP contribution >= 0.6 is 0 Å². The lowest BCUT2D eigenvalue weighted by atomic mass is 9.81. The van der Waals surface area contributed by atoms with Gasteiger partial charge < -0.3 is 20.0 Å². The molecule has 0 saturated carbocycles. The summed E-state index contributed by atoms with van der Waals surface area (Å²) >= 11 is 0. The van der Waals surface area contributed by atoms with Crippen LogP contribution in [0.4, 0.5) is 37.8 Å². The van der Waals surface area contributed by atoms with E-state index in [1.165, 1.54) is 32.0 Å². The van der Waals surface area contributed by atoms with Crippen LogP contribution in [0.25, 0.3) is 11.1 Å². The molecule has 0 radical (unpaired) electrons. The number of aromatic nitrogens is 1. The summed E-state index contributed by atoms with van der Waals surface area (Å²) in [5, 5.41) is 20.0. The van der Waals surface area contributed by atoms with E-state index in [1.54, 1.807) is 11.0 Å². The van der Waals surface area contributed by atoms with Gasteiger partial charge in [0, 0.05) is 19.2 Å². The Morgan fingerprint density at radius 2 is 1.52 bits per heavy atom. The summed E-state index contributed by atoms with van der Waals surface area (Å²) in [5.41, 5.74) is -2.83. The van der Waals surface area contributed by atoms with Gasteiger partial charge in [-0.25, -0.2) is 4.98 Å². The standard InChI is InChI=1S/C30H31F6N3O3/c1-17-5-7-18(8-6-17)24-13-26(39-15-23(41)12-22(39)16-40)37-14-25(24)38(4)27(42)28(2,3)19-9-20(29(31,32)33)11-21(10-19)30(34,35)36/h5-11,13-14,22-23,40-41H,12,15-16H2,1-4H3. The second-order valence-electron chi connectivity index (χ2n) is 11.1. The molecule has 0 spiro atoms. The lowest BCUT2D eigenvalue weighted by Gasteiger charge is -2.32. The molecule has 42 heavy (non-hydrogen) atoms. The van der Waals surface area contributed by atoms with E-state index in [0.717, 1.165) is 5.56 Å². The predicted molar refractivity (Wildman–Crippen MR) is 146 cm³/mol. The molecule has 3 aromatic rings. The van der Waals surface area contributed by atoms with E-state index >= 15 is 0 Å². The summed E-state index contributed by atoms with van der Waals surface area (Å²) in [6.45, 7) is 4.44. The van der Waals surface area contributed by atoms with Crippen molar-refractivity contribution in [3.05, 3.63) is 77.0 Å². The number of aliphatic hydroxyl groups excluding tert-OH is 2.